The van der Waals surface area contributed by atoms with Crippen LogP contribution < -0.4 is 0 Å². The molecule has 0 fully saturated rings. The van der Waals surface area contributed by atoms with Crippen molar-refractivity contribution < 1.29 is 12.6 Å². The van der Waals surface area contributed by atoms with Gasteiger partial charge in [0.2, 0.25) is 0 Å². The van der Waals surface area contributed by atoms with Crippen molar-refractivity contribution in [2.45, 2.75) is 16.9 Å². The van der Waals surface area contributed by atoms with E-state index in [1.54, 1.807) is 0 Å². The number of hydrogen-bond donors (Lipinski definition) is 0. The molecule has 1 aromatic rings. The second-order valence-corrected chi connectivity index (χ2v) is 8.69. The molecule has 0 saturated carbocycles. The topological polar surface area (TPSA) is 43.4 Å². The van der Waals surface area contributed by atoms with Crippen LogP contribution in [0.4, 0.5) is 0 Å². The molecular weight excluding hydrogens is 558 g/mol. The van der Waals surface area contributed by atoms with E-state index in [-0.39, 0.29) is 20.0 Å². The fourth-order valence-electron chi connectivity index (χ4n) is 1.41. The largest absolute Gasteiger partial charge is 0.299 e. The molecule has 0 radical (unpaired) electrons. The highest BCUT2D eigenvalue weighted by atomic mass is 79.9. The van der Waals surface area contributed by atoms with Crippen LogP contribution in [-0.4, -0.2) is 30.0 Å². The summed E-state index contributed by atoms with van der Waals surface area (Å²) in [6, 6.07) is 2.63. The van der Waals surface area contributed by atoms with Gasteiger partial charge in [0, 0.05) is 16.0 Å². The predicted octanol–water partition coefficient (Wildman–Crippen LogP) is 5.67. The molecule has 0 unspecified atom stereocenters. The van der Waals surface area contributed by atoms with E-state index in [0.29, 0.717) is 22.4 Å². The maximum atomic E-state index is 12.5. The molecule has 0 atom stereocenters. The van der Waals surface area contributed by atoms with Gasteiger partial charge in [-0.15, -0.1) is 0 Å². The SMILES string of the molecule is O=S(=O)(OC(CBr)(CBr)CCBr)c1ccc(Cl)c(Cl)c1Cl. The zero-order valence-corrected chi connectivity index (χ0v) is 18.2. The molecule has 0 N–H and O–H groups in total. The molecule has 1 rings (SSSR count). The van der Waals surface area contributed by atoms with Gasteiger partial charge in [-0.3, -0.25) is 4.18 Å². The van der Waals surface area contributed by atoms with E-state index in [4.69, 9.17) is 39.0 Å². The van der Waals surface area contributed by atoms with Gasteiger partial charge in [-0.2, -0.15) is 8.42 Å². The normalized spacial score (nSPS) is 12.7. The van der Waals surface area contributed by atoms with E-state index in [9.17, 15) is 8.42 Å². The van der Waals surface area contributed by atoms with Crippen LogP contribution in [0.5, 0.6) is 0 Å². The molecule has 120 valence electrons. The molecule has 0 bridgehead atoms. The zero-order chi connectivity index (χ0) is 16.3. The van der Waals surface area contributed by atoms with Crippen molar-refractivity contribution in [3.8, 4) is 0 Å². The Bertz CT molecular complexity index is 606. The van der Waals surface area contributed by atoms with E-state index in [1.165, 1.54) is 12.1 Å². The molecule has 21 heavy (non-hydrogen) atoms. The average molecular weight is 568 g/mol. The summed E-state index contributed by atoms with van der Waals surface area (Å²) in [7, 11) is -4.09. The number of benzene rings is 1. The third-order valence-corrected chi connectivity index (χ3v) is 7.89. The molecule has 0 saturated heterocycles. The molecule has 3 nitrogen and oxygen atoms in total. The first-order valence-corrected chi connectivity index (χ1v) is 11.4. The lowest BCUT2D eigenvalue weighted by atomic mass is 10.1. The first kappa shape index (κ1) is 20.5. The van der Waals surface area contributed by atoms with Crippen molar-refractivity contribution in [3.63, 3.8) is 0 Å². The molecule has 0 heterocycles. The highest BCUT2D eigenvalue weighted by Crippen LogP contribution is 2.37. The molecule has 0 aliphatic carbocycles. The van der Waals surface area contributed by atoms with Crippen LogP contribution in [0.3, 0.4) is 0 Å². The Hall–Kier alpha value is 1.44. The van der Waals surface area contributed by atoms with Gasteiger partial charge in [0.25, 0.3) is 10.1 Å². The molecule has 0 aromatic heterocycles. The minimum absolute atomic E-state index is 0.0215. The van der Waals surface area contributed by atoms with Gasteiger partial charge in [-0.05, 0) is 18.6 Å². The van der Waals surface area contributed by atoms with E-state index >= 15 is 0 Å². The summed E-state index contributed by atoms with van der Waals surface area (Å²) in [4.78, 5) is -0.209. The molecule has 0 spiro atoms. The van der Waals surface area contributed by atoms with Crippen molar-refractivity contribution in [3.05, 3.63) is 27.2 Å². The van der Waals surface area contributed by atoms with Crippen LogP contribution >= 0.6 is 82.6 Å². The highest BCUT2D eigenvalue weighted by Gasteiger charge is 2.36. The first-order chi connectivity index (χ1) is 9.73. The summed E-state index contributed by atoms with van der Waals surface area (Å²) >= 11 is 27.5. The third-order valence-electron chi connectivity index (χ3n) is 2.59. The van der Waals surface area contributed by atoms with Crippen molar-refractivity contribution in [1.82, 2.24) is 0 Å². The summed E-state index contributed by atoms with van der Waals surface area (Å²) in [6.07, 6.45) is 0.474. The van der Waals surface area contributed by atoms with Crippen LogP contribution in [0.1, 0.15) is 6.42 Å². The van der Waals surface area contributed by atoms with Gasteiger partial charge in [-0.1, -0.05) is 82.6 Å². The zero-order valence-electron chi connectivity index (χ0n) is 10.4. The lowest BCUT2D eigenvalue weighted by Crippen LogP contribution is -2.39. The van der Waals surface area contributed by atoms with Crippen molar-refractivity contribution in [2.75, 3.05) is 16.0 Å². The Labute approximate surface area is 164 Å². The lowest BCUT2D eigenvalue weighted by molar-refractivity contribution is 0.128. The van der Waals surface area contributed by atoms with Crippen LogP contribution in [0.15, 0.2) is 17.0 Å². The van der Waals surface area contributed by atoms with Gasteiger partial charge >= 0.3 is 0 Å². The molecule has 0 amide bonds. The van der Waals surface area contributed by atoms with E-state index in [2.05, 4.69) is 47.8 Å². The number of alkyl halides is 3. The number of rotatable bonds is 7. The Balaban J connectivity index is 3.26. The highest BCUT2D eigenvalue weighted by molar-refractivity contribution is 9.10. The molecule has 0 aliphatic rings. The van der Waals surface area contributed by atoms with E-state index in [1.807, 2.05) is 0 Å². The molecular formula is C11H10Br3Cl3O3S. The maximum Gasteiger partial charge on any atom is 0.299 e. The van der Waals surface area contributed by atoms with E-state index < -0.39 is 15.7 Å². The monoisotopic (exact) mass is 564 g/mol. The Morgan fingerprint density at radius 1 is 1.05 bits per heavy atom. The first-order valence-electron chi connectivity index (χ1n) is 5.50. The Morgan fingerprint density at radius 2 is 1.62 bits per heavy atom. The van der Waals surface area contributed by atoms with Gasteiger partial charge in [0.15, 0.2) is 0 Å². The van der Waals surface area contributed by atoms with Crippen molar-refractivity contribution in [1.29, 1.82) is 0 Å². The minimum Gasteiger partial charge on any atom is -0.258 e. The number of halogens is 6. The van der Waals surface area contributed by atoms with Crippen molar-refractivity contribution in [2.24, 2.45) is 0 Å². The Morgan fingerprint density at radius 3 is 2.10 bits per heavy atom. The van der Waals surface area contributed by atoms with Gasteiger partial charge in [-0.25, -0.2) is 0 Å². The van der Waals surface area contributed by atoms with Crippen LogP contribution in [-0.2, 0) is 14.3 Å². The number of hydrogen-bond acceptors (Lipinski definition) is 3. The lowest BCUT2D eigenvalue weighted by Gasteiger charge is -2.28. The van der Waals surface area contributed by atoms with Crippen LogP contribution in [0, 0.1) is 0 Å². The molecule has 10 heteroatoms. The van der Waals surface area contributed by atoms with Gasteiger partial charge < -0.3 is 0 Å². The second-order valence-electron chi connectivity index (χ2n) is 4.10. The van der Waals surface area contributed by atoms with Crippen LogP contribution in [0.2, 0.25) is 15.1 Å². The quantitative estimate of drug-likeness (QED) is 0.242. The summed E-state index contributed by atoms with van der Waals surface area (Å²) in [6.45, 7) is 0. The van der Waals surface area contributed by atoms with Crippen molar-refractivity contribution >= 4 is 92.7 Å². The third kappa shape index (κ3) is 4.95. The summed E-state index contributed by atoms with van der Waals surface area (Å²) < 4.78 is 30.3. The Kier molecular flexibility index (Phi) is 8.30. The van der Waals surface area contributed by atoms with Gasteiger partial charge in [0.1, 0.15) is 10.5 Å². The predicted molar refractivity (Wildman–Crippen MR) is 98.5 cm³/mol. The minimum atomic E-state index is -4.09. The fourth-order valence-corrected chi connectivity index (χ4v) is 6.34. The smallest absolute Gasteiger partial charge is 0.258 e. The van der Waals surface area contributed by atoms with Crippen LogP contribution in [0.25, 0.3) is 0 Å². The summed E-state index contributed by atoms with van der Waals surface area (Å²) in [5, 5.41) is 1.24. The standard InChI is InChI=1S/C11H10Br3Cl3O3S/c12-4-3-11(5-13,6-14)20-21(18,19)8-2-1-7(15)9(16)10(8)17/h1-2H,3-6H2. The molecule has 1 aromatic carbocycles. The van der Waals surface area contributed by atoms with Gasteiger partial charge in [0.05, 0.1) is 15.1 Å². The maximum absolute atomic E-state index is 12.5. The second kappa shape index (κ2) is 8.51. The summed E-state index contributed by atoms with van der Waals surface area (Å²) in [5.74, 6) is 0. The fraction of sp³-hybridized carbons (Fsp3) is 0.455. The summed E-state index contributed by atoms with van der Waals surface area (Å²) in [5.41, 5.74) is -0.933. The average Bonchev–Trinajstić information content (AvgIpc) is 2.43. The van der Waals surface area contributed by atoms with E-state index in [0.717, 1.165) is 0 Å². The molecule has 0 aliphatic heterocycles.